The summed E-state index contributed by atoms with van der Waals surface area (Å²) in [6, 6.07) is 0. The molecule has 0 bridgehead atoms. The largest absolute Gasteiger partial charge is 0.361 e. The van der Waals surface area contributed by atoms with E-state index in [9.17, 15) is 0 Å². The number of piperidine rings is 1. The van der Waals surface area contributed by atoms with E-state index in [2.05, 4.69) is 15.4 Å². The van der Waals surface area contributed by atoms with Crippen LogP contribution in [0.1, 0.15) is 23.4 Å². The van der Waals surface area contributed by atoms with Crippen molar-refractivity contribution in [3.63, 3.8) is 0 Å². The van der Waals surface area contributed by atoms with Crippen LogP contribution < -0.4 is 5.32 Å². The molecule has 2 unspecified atom stereocenters. The second-order valence-corrected chi connectivity index (χ2v) is 5.50. The van der Waals surface area contributed by atoms with Crippen molar-refractivity contribution in [1.82, 2.24) is 15.4 Å². The molecule has 0 radical (unpaired) electrons. The lowest BCUT2D eigenvalue weighted by atomic mass is 9.88. The molecule has 2 aliphatic rings. The number of hydrogen-bond donors (Lipinski definition) is 1. The molecule has 2 aliphatic heterocycles. The number of fused-ring (bicyclic) bond motifs is 1. The van der Waals surface area contributed by atoms with Crippen LogP contribution in [0.25, 0.3) is 0 Å². The number of nitrogens with zero attached hydrogens (tertiary/aromatic N) is 2. The first-order valence-electron chi connectivity index (χ1n) is 6.59. The fourth-order valence-electron chi connectivity index (χ4n) is 3.21. The Morgan fingerprint density at radius 2 is 2.11 bits per heavy atom. The number of aryl methyl sites for hydroxylation is 2. The summed E-state index contributed by atoms with van der Waals surface area (Å²) in [6.07, 6.45) is 1.33. The van der Waals surface area contributed by atoms with Gasteiger partial charge in [-0.3, -0.25) is 4.90 Å². The van der Waals surface area contributed by atoms with E-state index < -0.39 is 0 Å². The highest BCUT2D eigenvalue weighted by molar-refractivity contribution is 5.85. The quantitative estimate of drug-likeness (QED) is 0.890. The van der Waals surface area contributed by atoms with Gasteiger partial charge in [-0.05, 0) is 51.7 Å². The lowest BCUT2D eigenvalue weighted by molar-refractivity contribution is 0.141. The minimum Gasteiger partial charge on any atom is -0.361 e. The summed E-state index contributed by atoms with van der Waals surface area (Å²) in [5.41, 5.74) is 2.34. The molecule has 3 rings (SSSR count). The van der Waals surface area contributed by atoms with Crippen molar-refractivity contribution in [1.29, 1.82) is 0 Å². The predicted molar refractivity (Wildman–Crippen MR) is 73.0 cm³/mol. The van der Waals surface area contributed by atoms with Crippen LogP contribution >= 0.6 is 12.4 Å². The molecule has 1 aromatic heterocycles. The van der Waals surface area contributed by atoms with Gasteiger partial charge < -0.3 is 9.84 Å². The highest BCUT2D eigenvalue weighted by Gasteiger charge is 2.33. The molecule has 1 N–H and O–H groups in total. The van der Waals surface area contributed by atoms with Crippen LogP contribution in [0.15, 0.2) is 4.52 Å². The minimum atomic E-state index is 0. The fourth-order valence-corrected chi connectivity index (χ4v) is 3.21. The Balaban J connectivity index is 0.00000120. The SMILES string of the molecule is Cc1noc(C)c1CN1CCC2CNCC2C1.Cl. The smallest absolute Gasteiger partial charge is 0.138 e. The van der Waals surface area contributed by atoms with Gasteiger partial charge in [-0.15, -0.1) is 12.4 Å². The van der Waals surface area contributed by atoms with Gasteiger partial charge in [0.2, 0.25) is 0 Å². The molecule has 3 heterocycles. The summed E-state index contributed by atoms with van der Waals surface area (Å²) in [7, 11) is 0. The molecule has 1 aromatic rings. The van der Waals surface area contributed by atoms with E-state index in [-0.39, 0.29) is 12.4 Å². The zero-order chi connectivity index (χ0) is 11.8. The topological polar surface area (TPSA) is 41.3 Å². The number of aromatic nitrogens is 1. The molecule has 18 heavy (non-hydrogen) atoms. The Morgan fingerprint density at radius 3 is 2.83 bits per heavy atom. The van der Waals surface area contributed by atoms with Crippen molar-refractivity contribution in [3.05, 3.63) is 17.0 Å². The van der Waals surface area contributed by atoms with Crippen molar-refractivity contribution in [2.45, 2.75) is 26.8 Å². The number of halogens is 1. The summed E-state index contributed by atoms with van der Waals surface area (Å²) < 4.78 is 5.23. The Morgan fingerprint density at radius 1 is 1.33 bits per heavy atom. The maximum Gasteiger partial charge on any atom is 0.138 e. The Kier molecular flexibility index (Phi) is 4.30. The molecule has 2 saturated heterocycles. The van der Waals surface area contributed by atoms with E-state index in [4.69, 9.17) is 4.52 Å². The van der Waals surface area contributed by atoms with Crippen molar-refractivity contribution in [3.8, 4) is 0 Å². The van der Waals surface area contributed by atoms with E-state index in [1.54, 1.807) is 0 Å². The van der Waals surface area contributed by atoms with E-state index in [0.29, 0.717) is 0 Å². The van der Waals surface area contributed by atoms with E-state index in [1.165, 1.54) is 38.2 Å². The van der Waals surface area contributed by atoms with E-state index in [0.717, 1.165) is 29.8 Å². The summed E-state index contributed by atoms with van der Waals surface area (Å²) >= 11 is 0. The molecule has 0 spiro atoms. The molecule has 0 aliphatic carbocycles. The first kappa shape index (κ1) is 13.8. The van der Waals surface area contributed by atoms with Crippen molar-refractivity contribution in [2.75, 3.05) is 26.2 Å². The Bertz CT molecular complexity index is 387. The van der Waals surface area contributed by atoms with Crippen molar-refractivity contribution >= 4 is 12.4 Å². The molecular weight excluding hydrogens is 250 g/mol. The maximum atomic E-state index is 5.23. The van der Waals surface area contributed by atoms with Crippen LogP contribution in [0.4, 0.5) is 0 Å². The van der Waals surface area contributed by atoms with Crippen LogP contribution in [-0.4, -0.2) is 36.2 Å². The predicted octanol–water partition coefficient (Wildman–Crippen LogP) is 1.75. The summed E-state index contributed by atoms with van der Waals surface area (Å²) in [5, 5.41) is 7.54. The highest BCUT2D eigenvalue weighted by atomic mass is 35.5. The zero-order valence-electron chi connectivity index (χ0n) is 11.1. The second-order valence-electron chi connectivity index (χ2n) is 5.50. The standard InChI is InChI=1S/C13H21N3O.ClH/c1-9-13(10(2)17-15-9)8-16-4-3-11-5-14-6-12(11)7-16;/h11-12,14H,3-8H2,1-2H3;1H. The van der Waals surface area contributed by atoms with Gasteiger partial charge in [-0.1, -0.05) is 5.16 Å². The molecule has 0 aromatic carbocycles. The van der Waals surface area contributed by atoms with Crippen molar-refractivity contribution in [2.24, 2.45) is 11.8 Å². The average molecular weight is 272 g/mol. The third kappa shape index (κ3) is 2.56. The Labute approximate surface area is 114 Å². The number of rotatable bonds is 2. The summed E-state index contributed by atoms with van der Waals surface area (Å²) in [4.78, 5) is 2.56. The molecule has 0 saturated carbocycles. The number of hydrogen-bond acceptors (Lipinski definition) is 4. The number of likely N-dealkylation sites (tertiary alicyclic amines) is 1. The lowest BCUT2D eigenvalue weighted by Gasteiger charge is -2.34. The van der Waals surface area contributed by atoms with Crippen LogP contribution in [0.5, 0.6) is 0 Å². The molecule has 102 valence electrons. The first-order chi connectivity index (χ1) is 8.24. The van der Waals surface area contributed by atoms with Crippen LogP contribution in [0.3, 0.4) is 0 Å². The summed E-state index contributed by atoms with van der Waals surface area (Å²) in [5.74, 6) is 2.74. The van der Waals surface area contributed by atoms with Crippen LogP contribution in [0, 0.1) is 25.7 Å². The Hall–Kier alpha value is -0.580. The zero-order valence-corrected chi connectivity index (χ0v) is 11.9. The van der Waals surface area contributed by atoms with Gasteiger partial charge in [0.15, 0.2) is 0 Å². The van der Waals surface area contributed by atoms with Crippen molar-refractivity contribution < 1.29 is 4.52 Å². The highest BCUT2D eigenvalue weighted by Crippen LogP contribution is 2.28. The van der Waals surface area contributed by atoms with Crippen LogP contribution in [-0.2, 0) is 6.54 Å². The van der Waals surface area contributed by atoms with Gasteiger partial charge in [-0.2, -0.15) is 0 Å². The molecule has 2 fully saturated rings. The van der Waals surface area contributed by atoms with Gasteiger partial charge in [-0.25, -0.2) is 0 Å². The van der Waals surface area contributed by atoms with E-state index >= 15 is 0 Å². The second kappa shape index (κ2) is 5.59. The molecular formula is C13H22ClN3O. The third-order valence-electron chi connectivity index (χ3n) is 4.35. The normalized spacial score (nSPS) is 27.9. The third-order valence-corrected chi connectivity index (χ3v) is 4.35. The maximum absolute atomic E-state index is 5.23. The molecule has 4 nitrogen and oxygen atoms in total. The van der Waals surface area contributed by atoms with Gasteiger partial charge in [0.05, 0.1) is 5.69 Å². The fraction of sp³-hybridized carbons (Fsp3) is 0.769. The van der Waals surface area contributed by atoms with Gasteiger partial charge in [0.1, 0.15) is 5.76 Å². The van der Waals surface area contributed by atoms with E-state index in [1.807, 2.05) is 13.8 Å². The molecule has 2 atom stereocenters. The molecule has 0 amide bonds. The molecule has 5 heteroatoms. The first-order valence-corrected chi connectivity index (χ1v) is 6.59. The van der Waals surface area contributed by atoms with Crippen LogP contribution in [0.2, 0.25) is 0 Å². The summed E-state index contributed by atoms with van der Waals surface area (Å²) in [6.45, 7) is 9.92. The lowest BCUT2D eigenvalue weighted by Crippen LogP contribution is -2.39. The van der Waals surface area contributed by atoms with Gasteiger partial charge in [0, 0.05) is 18.7 Å². The number of nitrogens with one attached hydrogen (secondary N) is 1. The van der Waals surface area contributed by atoms with Gasteiger partial charge in [0.25, 0.3) is 0 Å². The average Bonchev–Trinajstić information content (AvgIpc) is 2.90. The minimum absolute atomic E-state index is 0. The monoisotopic (exact) mass is 271 g/mol. The van der Waals surface area contributed by atoms with Gasteiger partial charge >= 0.3 is 0 Å².